The number of carbonyl (C=O) groups excluding carboxylic acids is 1. The molecule has 35 heavy (non-hydrogen) atoms. The van der Waals surface area contributed by atoms with Crippen LogP contribution < -0.4 is 16.6 Å². The van der Waals surface area contributed by atoms with Crippen LogP contribution in [0.5, 0.6) is 0 Å². The van der Waals surface area contributed by atoms with E-state index in [1.165, 1.54) is 18.4 Å². The Balaban J connectivity index is 1.76. The van der Waals surface area contributed by atoms with Crippen LogP contribution in [0.3, 0.4) is 0 Å². The summed E-state index contributed by atoms with van der Waals surface area (Å²) in [6.07, 6.45) is -3.10. The minimum absolute atomic E-state index is 0.0183. The van der Waals surface area contributed by atoms with Crippen molar-refractivity contribution < 1.29 is 22.4 Å². The van der Waals surface area contributed by atoms with E-state index in [0.29, 0.717) is 11.4 Å². The number of furan rings is 1. The van der Waals surface area contributed by atoms with Crippen LogP contribution in [0.15, 0.2) is 80.9 Å². The highest BCUT2D eigenvalue weighted by atomic mass is 19.4. The SMILES string of the molecule is Cc1ccc(-n2nc(C(=O)NCc3ccco3)c(=O)n(Cc3ccc(C(F)(F)F)cc3)c2=O)cc1. The Morgan fingerprint density at radius 3 is 2.31 bits per heavy atom. The van der Waals surface area contributed by atoms with E-state index in [0.717, 1.165) is 26.9 Å². The first-order valence-electron chi connectivity index (χ1n) is 10.4. The lowest BCUT2D eigenvalue weighted by Gasteiger charge is -2.13. The van der Waals surface area contributed by atoms with E-state index in [9.17, 15) is 27.6 Å². The first kappa shape index (κ1) is 23.7. The normalized spacial score (nSPS) is 11.4. The molecule has 0 aliphatic rings. The van der Waals surface area contributed by atoms with Crippen molar-refractivity contribution in [2.24, 2.45) is 0 Å². The zero-order chi connectivity index (χ0) is 25.2. The molecule has 0 radical (unpaired) electrons. The van der Waals surface area contributed by atoms with Crippen molar-refractivity contribution >= 4 is 5.91 Å². The second-order valence-electron chi connectivity index (χ2n) is 7.73. The van der Waals surface area contributed by atoms with Crippen LogP contribution in [0.25, 0.3) is 5.69 Å². The van der Waals surface area contributed by atoms with Gasteiger partial charge >= 0.3 is 11.9 Å². The lowest BCUT2D eigenvalue weighted by Crippen LogP contribution is -2.46. The van der Waals surface area contributed by atoms with Crippen LogP contribution in [-0.2, 0) is 19.3 Å². The lowest BCUT2D eigenvalue weighted by atomic mass is 10.1. The topological polar surface area (TPSA) is 99.1 Å². The first-order chi connectivity index (χ1) is 16.6. The number of alkyl halides is 3. The number of halogens is 3. The van der Waals surface area contributed by atoms with Gasteiger partial charge in [-0.15, -0.1) is 0 Å². The fraction of sp³-hybridized carbons (Fsp3) is 0.167. The zero-order valence-electron chi connectivity index (χ0n) is 18.4. The molecule has 0 bridgehead atoms. The average molecular weight is 484 g/mol. The molecule has 2 aromatic heterocycles. The molecule has 0 aliphatic heterocycles. The summed E-state index contributed by atoms with van der Waals surface area (Å²) < 4.78 is 45.5. The van der Waals surface area contributed by atoms with Gasteiger partial charge in [-0.25, -0.2) is 4.79 Å². The summed E-state index contributed by atoms with van der Waals surface area (Å²) in [7, 11) is 0. The summed E-state index contributed by atoms with van der Waals surface area (Å²) in [5.74, 6) is -0.399. The fourth-order valence-corrected chi connectivity index (χ4v) is 3.30. The van der Waals surface area contributed by atoms with Gasteiger partial charge in [-0.05, 0) is 48.9 Å². The molecule has 0 unspecified atom stereocenters. The Morgan fingerprint density at radius 1 is 1.03 bits per heavy atom. The minimum Gasteiger partial charge on any atom is -0.467 e. The van der Waals surface area contributed by atoms with Crippen molar-refractivity contribution in [3.05, 3.63) is 116 Å². The molecule has 11 heteroatoms. The van der Waals surface area contributed by atoms with Crippen molar-refractivity contribution in [2.45, 2.75) is 26.2 Å². The smallest absolute Gasteiger partial charge is 0.416 e. The molecule has 180 valence electrons. The highest BCUT2D eigenvalue weighted by Gasteiger charge is 2.30. The van der Waals surface area contributed by atoms with Gasteiger partial charge in [0.1, 0.15) is 5.76 Å². The van der Waals surface area contributed by atoms with Crippen LogP contribution in [0, 0.1) is 6.92 Å². The van der Waals surface area contributed by atoms with Gasteiger partial charge in [0.15, 0.2) is 0 Å². The highest BCUT2D eigenvalue weighted by Crippen LogP contribution is 2.29. The summed E-state index contributed by atoms with van der Waals surface area (Å²) in [5.41, 5.74) is -1.75. The van der Waals surface area contributed by atoms with E-state index in [4.69, 9.17) is 4.42 Å². The number of aryl methyl sites for hydroxylation is 1. The van der Waals surface area contributed by atoms with Gasteiger partial charge in [-0.2, -0.15) is 23.0 Å². The molecule has 0 aliphatic carbocycles. The first-order valence-corrected chi connectivity index (χ1v) is 10.4. The molecule has 0 atom stereocenters. The average Bonchev–Trinajstić information content (AvgIpc) is 3.35. The predicted molar refractivity (Wildman–Crippen MR) is 119 cm³/mol. The van der Waals surface area contributed by atoms with Crippen LogP contribution in [-0.4, -0.2) is 20.3 Å². The lowest BCUT2D eigenvalue weighted by molar-refractivity contribution is -0.137. The Morgan fingerprint density at radius 2 is 1.71 bits per heavy atom. The van der Waals surface area contributed by atoms with E-state index in [2.05, 4.69) is 10.4 Å². The maximum absolute atomic E-state index is 13.2. The van der Waals surface area contributed by atoms with E-state index in [-0.39, 0.29) is 18.7 Å². The third-order valence-corrected chi connectivity index (χ3v) is 5.18. The highest BCUT2D eigenvalue weighted by molar-refractivity contribution is 5.91. The number of amides is 1. The van der Waals surface area contributed by atoms with Crippen LogP contribution in [0.4, 0.5) is 13.2 Å². The summed E-state index contributed by atoms with van der Waals surface area (Å²) in [6.45, 7) is 1.47. The largest absolute Gasteiger partial charge is 0.467 e. The van der Waals surface area contributed by atoms with E-state index in [1.807, 2.05) is 6.92 Å². The molecule has 0 fully saturated rings. The Hall–Kier alpha value is -4.41. The monoisotopic (exact) mass is 484 g/mol. The van der Waals surface area contributed by atoms with Crippen LogP contribution >= 0.6 is 0 Å². The van der Waals surface area contributed by atoms with E-state index in [1.54, 1.807) is 36.4 Å². The molecule has 2 heterocycles. The summed E-state index contributed by atoms with van der Waals surface area (Å²) >= 11 is 0. The molecule has 1 N–H and O–H groups in total. The van der Waals surface area contributed by atoms with Crippen molar-refractivity contribution in [3.63, 3.8) is 0 Å². The quantitative estimate of drug-likeness (QED) is 0.453. The maximum atomic E-state index is 13.2. The maximum Gasteiger partial charge on any atom is 0.416 e. The van der Waals surface area contributed by atoms with Gasteiger partial charge in [0, 0.05) is 0 Å². The number of aromatic nitrogens is 3. The molecule has 4 rings (SSSR count). The predicted octanol–water partition coefficient (Wildman–Crippen LogP) is 3.29. The summed E-state index contributed by atoms with van der Waals surface area (Å²) in [4.78, 5) is 39.0. The van der Waals surface area contributed by atoms with E-state index < -0.39 is 34.6 Å². The van der Waals surface area contributed by atoms with Gasteiger partial charge in [-0.1, -0.05) is 29.8 Å². The zero-order valence-corrected chi connectivity index (χ0v) is 18.4. The molecule has 4 aromatic rings. The number of nitrogens with one attached hydrogen (secondary N) is 1. The van der Waals surface area contributed by atoms with Gasteiger partial charge < -0.3 is 9.73 Å². The molecule has 8 nitrogen and oxygen atoms in total. The van der Waals surface area contributed by atoms with Crippen molar-refractivity contribution in [1.29, 1.82) is 0 Å². The van der Waals surface area contributed by atoms with E-state index >= 15 is 0 Å². The van der Waals surface area contributed by atoms with Crippen LogP contribution in [0.2, 0.25) is 0 Å². The van der Waals surface area contributed by atoms with Crippen molar-refractivity contribution in [2.75, 3.05) is 0 Å². The minimum atomic E-state index is -4.52. The number of carbonyl (C=O) groups is 1. The molecule has 0 saturated heterocycles. The van der Waals surface area contributed by atoms with Gasteiger partial charge in [0.05, 0.1) is 30.6 Å². The number of benzene rings is 2. The second-order valence-corrected chi connectivity index (χ2v) is 7.73. The number of nitrogens with zero attached hydrogens (tertiary/aromatic N) is 3. The Bertz CT molecular complexity index is 1450. The Kier molecular flexibility index (Phi) is 6.41. The molecule has 1 amide bonds. The summed E-state index contributed by atoms with van der Waals surface area (Å²) in [6, 6.07) is 14.0. The van der Waals surface area contributed by atoms with Crippen molar-refractivity contribution in [3.8, 4) is 5.69 Å². The third-order valence-electron chi connectivity index (χ3n) is 5.18. The molecular weight excluding hydrogens is 465 g/mol. The second kappa shape index (κ2) is 9.45. The van der Waals surface area contributed by atoms with Crippen LogP contribution in [0.1, 0.15) is 32.9 Å². The molecule has 2 aromatic carbocycles. The molecule has 0 spiro atoms. The standard InChI is InChI=1S/C24H19F3N4O4/c1-15-4-10-18(11-5-15)31-23(34)30(14-16-6-8-17(9-7-16)24(25,26)27)22(33)20(29-31)21(32)28-13-19-3-2-12-35-19/h2-12H,13-14H2,1H3,(H,28,32). The molecular formula is C24H19F3N4O4. The fourth-order valence-electron chi connectivity index (χ4n) is 3.30. The van der Waals surface area contributed by atoms with Gasteiger partial charge in [-0.3, -0.25) is 14.2 Å². The van der Waals surface area contributed by atoms with Gasteiger partial charge in [0.25, 0.3) is 11.5 Å². The number of rotatable bonds is 6. The Labute approximate surface area is 196 Å². The van der Waals surface area contributed by atoms with Gasteiger partial charge in [0.2, 0.25) is 5.69 Å². The number of hydrogen-bond donors (Lipinski definition) is 1. The van der Waals surface area contributed by atoms with Crippen molar-refractivity contribution in [1.82, 2.24) is 19.7 Å². The number of hydrogen-bond acceptors (Lipinski definition) is 5. The third kappa shape index (κ3) is 5.24. The summed E-state index contributed by atoms with van der Waals surface area (Å²) in [5, 5.41) is 6.52. The molecule has 0 saturated carbocycles.